The first kappa shape index (κ1) is 18.2. The molecule has 4 nitrogen and oxygen atoms in total. The second kappa shape index (κ2) is 8.18. The Morgan fingerprint density at radius 1 is 1.00 bits per heavy atom. The van der Waals surface area contributed by atoms with Crippen molar-refractivity contribution in [2.45, 2.75) is 70.9 Å². The number of amides is 1. The fourth-order valence-corrected chi connectivity index (χ4v) is 4.80. The van der Waals surface area contributed by atoms with Crippen LogP contribution in [0, 0.1) is 11.8 Å². The fraction of sp³-hybridized carbons (Fsp3) is 0.950. The standard InChI is InChI=1S/C20H37N3O/c1-16(2)13-23(18-9-11-21(3)12-10-18)19-14-22(15-19)20(24)17-7-5-4-6-8-17/h16-19H,4-15H2,1-3H3. The highest BCUT2D eigenvalue weighted by molar-refractivity contribution is 5.79. The van der Waals surface area contributed by atoms with Gasteiger partial charge in [0.05, 0.1) is 0 Å². The van der Waals surface area contributed by atoms with Gasteiger partial charge in [-0.05, 0) is 51.7 Å². The predicted molar refractivity (Wildman–Crippen MR) is 99.0 cm³/mol. The third kappa shape index (κ3) is 4.32. The van der Waals surface area contributed by atoms with E-state index in [9.17, 15) is 4.79 Å². The maximum atomic E-state index is 12.7. The Balaban J connectivity index is 1.52. The Hall–Kier alpha value is -0.610. The van der Waals surface area contributed by atoms with Gasteiger partial charge in [-0.2, -0.15) is 0 Å². The molecule has 0 N–H and O–H groups in total. The molecule has 24 heavy (non-hydrogen) atoms. The molecule has 1 saturated carbocycles. The van der Waals surface area contributed by atoms with Gasteiger partial charge in [0, 0.05) is 37.6 Å². The smallest absolute Gasteiger partial charge is 0.225 e. The lowest BCUT2D eigenvalue weighted by molar-refractivity contribution is -0.145. The molecule has 1 amide bonds. The van der Waals surface area contributed by atoms with Crippen LogP contribution in [0.2, 0.25) is 0 Å². The van der Waals surface area contributed by atoms with Crippen LogP contribution in [0.5, 0.6) is 0 Å². The Bertz CT molecular complexity index is 405. The maximum Gasteiger partial charge on any atom is 0.225 e. The van der Waals surface area contributed by atoms with Crippen molar-refractivity contribution in [1.82, 2.24) is 14.7 Å². The van der Waals surface area contributed by atoms with Crippen molar-refractivity contribution in [3.05, 3.63) is 0 Å². The topological polar surface area (TPSA) is 26.8 Å². The molecule has 3 rings (SSSR count). The van der Waals surface area contributed by atoms with Crippen LogP contribution >= 0.6 is 0 Å². The minimum absolute atomic E-state index is 0.335. The van der Waals surface area contributed by atoms with E-state index in [4.69, 9.17) is 0 Å². The molecule has 3 fully saturated rings. The summed E-state index contributed by atoms with van der Waals surface area (Å²) in [5.74, 6) is 1.49. The number of carbonyl (C=O) groups excluding carboxylic acids is 1. The quantitative estimate of drug-likeness (QED) is 0.773. The highest BCUT2D eigenvalue weighted by atomic mass is 16.2. The SMILES string of the molecule is CC(C)CN(C1CCN(C)CC1)C1CN(C(=O)C2CCCCC2)C1. The van der Waals surface area contributed by atoms with Crippen molar-refractivity contribution in [3.8, 4) is 0 Å². The van der Waals surface area contributed by atoms with Crippen molar-refractivity contribution < 1.29 is 4.79 Å². The van der Waals surface area contributed by atoms with E-state index in [-0.39, 0.29) is 0 Å². The molecule has 2 heterocycles. The summed E-state index contributed by atoms with van der Waals surface area (Å²) in [6, 6.07) is 1.33. The van der Waals surface area contributed by atoms with Gasteiger partial charge >= 0.3 is 0 Å². The summed E-state index contributed by atoms with van der Waals surface area (Å²) in [5.41, 5.74) is 0. The highest BCUT2D eigenvalue weighted by Crippen LogP contribution is 2.30. The van der Waals surface area contributed by atoms with Gasteiger partial charge in [0.1, 0.15) is 0 Å². The summed E-state index contributed by atoms with van der Waals surface area (Å²) in [4.78, 5) is 20.0. The third-order valence-corrected chi connectivity index (χ3v) is 6.33. The normalized spacial score (nSPS) is 25.5. The minimum atomic E-state index is 0.335. The summed E-state index contributed by atoms with van der Waals surface area (Å²) < 4.78 is 0. The number of hydrogen-bond acceptors (Lipinski definition) is 3. The number of piperidine rings is 1. The van der Waals surface area contributed by atoms with E-state index >= 15 is 0 Å². The monoisotopic (exact) mass is 335 g/mol. The van der Waals surface area contributed by atoms with Gasteiger partial charge in [-0.3, -0.25) is 9.69 Å². The Kier molecular flexibility index (Phi) is 6.20. The summed E-state index contributed by atoms with van der Waals surface area (Å²) in [6.45, 7) is 10.2. The number of nitrogens with zero attached hydrogens (tertiary/aromatic N) is 3. The van der Waals surface area contributed by atoms with E-state index < -0.39 is 0 Å². The molecule has 1 aliphatic carbocycles. The van der Waals surface area contributed by atoms with E-state index in [1.807, 2.05) is 0 Å². The predicted octanol–water partition coefficient (Wildman–Crippen LogP) is 2.83. The molecule has 2 saturated heterocycles. The zero-order valence-electron chi connectivity index (χ0n) is 16.0. The number of rotatable bonds is 5. The largest absolute Gasteiger partial charge is 0.339 e. The van der Waals surface area contributed by atoms with Gasteiger partial charge in [-0.25, -0.2) is 0 Å². The molecule has 0 aromatic carbocycles. The lowest BCUT2D eigenvalue weighted by Crippen LogP contribution is -2.65. The average Bonchev–Trinajstić information content (AvgIpc) is 2.53. The van der Waals surface area contributed by atoms with Crippen molar-refractivity contribution in [1.29, 1.82) is 0 Å². The molecule has 0 atom stereocenters. The Morgan fingerprint density at radius 2 is 1.62 bits per heavy atom. The first-order chi connectivity index (χ1) is 11.5. The van der Waals surface area contributed by atoms with E-state index in [1.165, 1.54) is 51.7 Å². The van der Waals surface area contributed by atoms with Gasteiger partial charge in [-0.15, -0.1) is 0 Å². The molecule has 3 aliphatic rings. The van der Waals surface area contributed by atoms with Crippen LogP contribution in [0.25, 0.3) is 0 Å². The molecular formula is C20H37N3O. The summed E-state index contributed by atoms with van der Waals surface area (Å²) in [7, 11) is 2.23. The first-order valence-corrected chi connectivity index (χ1v) is 10.3. The molecular weight excluding hydrogens is 298 g/mol. The Labute approximate surface area is 148 Å². The van der Waals surface area contributed by atoms with Crippen LogP contribution in [0.1, 0.15) is 58.8 Å². The number of likely N-dealkylation sites (tertiary alicyclic amines) is 2. The van der Waals surface area contributed by atoms with Crippen LogP contribution in [0.3, 0.4) is 0 Å². The van der Waals surface area contributed by atoms with Crippen LogP contribution in [0.15, 0.2) is 0 Å². The summed E-state index contributed by atoms with van der Waals surface area (Å²) >= 11 is 0. The molecule has 0 aromatic rings. The zero-order chi connectivity index (χ0) is 17.1. The zero-order valence-corrected chi connectivity index (χ0v) is 16.0. The second-order valence-corrected chi connectivity index (χ2v) is 8.86. The minimum Gasteiger partial charge on any atom is -0.339 e. The van der Waals surface area contributed by atoms with Gasteiger partial charge in [0.2, 0.25) is 5.91 Å². The van der Waals surface area contributed by atoms with Crippen LogP contribution in [-0.2, 0) is 4.79 Å². The lowest BCUT2D eigenvalue weighted by atomic mass is 9.87. The van der Waals surface area contributed by atoms with Crippen molar-refractivity contribution in [2.75, 3.05) is 39.8 Å². The molecule has 0 spiro atoms. The molecule has 2 aliphatic heterocycles. The lowest BCUT2D eigenvalue weighted by Gasteiger charge is -2.51. The van der Waals surface area contributed by atoms with Gasteiger partial charge in [0.15, 0.2) is 0 Å². The molecule has 0 aromatic heterocycles. The molecule has 0 bridgehead atoms. The van der Waals surface area contributed by atoms with E-state index in [0.29, 0.717) is 23.8 Å². The molecule has 138 valence electrons. The van der Waals surface area contributed by atoms with Crippen molar-refractivity contribution in [2.24, 2.45) is 11.8 Å². The summed E-state index contributed by atoms with van der Waals surface area (Å²) in [6.07, 6.45) is 8.66. The second-order valence-electron chi connectivity index (χ2n) is 8.86. The van der Waals surface area contributed by atoms with Gasteiger partial charge in [-0.1, -0.05) is 33.1 Å². The number of hydrogen-bond donors (Lipinski definition) is 0. The molecule has 4 heteroatoms. The van der Waals surface area contributed by atoms with Crippen LogP contribution in [0.4, 0.5) is 0 Å². The fourth-order valence-electron chi connectivity index (χ4n) is 4.80. The van der Waals surface area contributed by atoms with Crippen LogP contribution in [-0.4, -0.2) is 72.5 Å². The van der Waals surface area contributed by atoms with Gasteiger partial charge in [0.25, 0.3) is 0 Å². The van der Waals surface area contributed by atoms with E-state index in [2.05, 4.69) is 35.6 Å². The molecule has 0 radical (unpaired) electrons. The highest BCUT2D eigenvalue weighted by Gasteiger charge is 2.40. The van der Waals surface area contributed by atoms with E-state index in [0.717, 1.165) is 32.0 Å². The average molecular weight is 336 g/mol. The van der Waals surface area contributed by atoms with Crippen molar-refractivity contribution in [3.63, 3.8) is 0 Å². The summed E-state index contributed by atoms with van der Waals surface area (Å²) in [5, 5.41) is 0. The van der Waals surface area contributed by atoms with E-state index in [1.54, 1.807) is 0 Å². The Morgan fingerprint density at radius 3 is 2.21 bits per heavy atom. The number of carbonyl (C=O) groups is 1. The third-order valence-electron chi connectivity index (χ3n) is 6.33. The first-order valence-electron chi connectivity index (χ1n) is 10.3. The van der Waals surface area contributed by atoms with Gasteiger partial charge < -0.3 is 9.80 Å². The van der Waals surface area contributed by atoms with Crippen molar-refractivity contribution >= 4 is 5.91 Å². The maximum absolute atomic E-state index is 12.7. The molecule has 0 unspecified atom stereocenters. The van der Waals surface area contributed by atoms with Crippen LogP contribution < -0.4 is 0 Å².